The molecule has 1 heterocycles. The first-order valence-electron chi connectivity index (χ1n) is 8.02. The minimum atomic E-state index is -0.165. The second kappa shape index (κ2) is 8.26. The monoisotopic (exact) mass is 366 g/mol. The van der Waals surface area contributed by atoms with Gasteiger partial charge in [-0.3, -0.25) is 9.59 Å². The summed E-state index contributed by atoms with van der Waals surface area (Å²) < 4.78 is 0. The standard InChI is InChI=1S/C19H18N4O2S/c1-13(24)20-15-8-5-9-16(10-15)21-18(25)11-17-12-26-19(23-17)22-14-6-3-2-4-7-14/h2-10,12H,11H2,1H3,(H,20,24)(H,21,25)(H,22,23). The molecule has 0 fully saturated rings. The van der Waals surface area contributed by atoms with Gasteiger partial charge in [-0.1, -0.05) is 24.3 Å². The zero-order valence-corrected chi connectivity index (χ0v) is 15.0. The molecule has 2 amide bonds. The molecule has 0 aliphatic rings. The molecule has 6 nitrogen and oxygen atoms in total. The van der Waals surface area contributed by atoms with Crippen LogP contribution in [-0.2, 0) is 16.0 Å². The van der Waals surface area contributed by atoms with E-state index in [9.17, 15) is 9.59 Å². The molecule has 3 rings (SSSR count). The summed E-state index contributed by atoms with van der Waals surface area (Å²) in [5, 5.41) is 11.3. The predicted molar refractivity (Wildman–Crippen MR) is 105 cm³/mol. The number of rotatable bonds is 6. The van der Waals surface area contributed by atoms with Crippen molar-refractivity contribution >= 4 is 45.3 Å². The molecule has 0 radical (unpaired) electrons. The number of hydrogen-bond acceptors (Lipinski definition) is 5. The highest BCUT2D eigenvalue weighted by Crippen LogP contribution is 2.21. The Hall–Kier alpha value is -3.19. The molecule has 26 heavy (non-hydrogen) atoms. The minimum absolute atomic E-state index is 0.158. The van der Waals surface area contributed by atoms with Crippen molar-refractivity contribution in [3.8, 4) is 0 Å². The van der Waals surface area contributed by atoms with Gasteiger partial charge < -0.3 is 16.0 Å². The van der Waals surface area contributed by atoms with Crippen molar-refractivity contribution in [2.75, 3.05) is 16.0 Å². The third kappa shape index (κ3) is 5.15. The smallest absolute Gasteiger partial charge is 0.230 e. The molecule has 0 aliphatic carbocycles. The minimum Gasteiger partial charge on any atom is -0.332 e. The second-order valence-electron chi connectivity index (χ2n) is 5.62. The number of hydrogen-bond donors (Lipinski definition) is 3. The van der Waals surface area contributed by atoms with E-state index in [-0.39, 0.29) is 18.2 Å². The van der Waals surface area contributed by atoms with Crippen LogP contribution in [0.15, 0.2) is 60.0 Å². The van der Waals surface area contributed by atoms with Gasteiger partial charge in [0.1, 0.15) is 0 Å². The number of anilines is 4. The van der Waals surface area contributed by atoms with Gasteiger partial charge in [-0.15, -0.1) is 11.3 Å². The molecular formula is C19H18N4O2S. The van der Waals surface area contributed by atoms with Crippen molar-refractivity contribution in [3.05, 3.63) is 65.7 Å². The van der Waals surface area contributed by atoms with E-state index in [1.165, 1.54) is 18.3 Å². The Balaban J connectivity index is 1.58. The fourth-order valence-corrected chi connectivity index (χ4v) is 3.07. The lowest BCUT2D eigenvalue weighted by molar-refractivity contribution is -0.116. The highest BCUT2D eigenvalue weighted by Gasteiger charge is 2.09. The van der Waals surface area contributed by atoms with Crippen LogP contribution in [0.25, 0.3) is 0 Å². The summed E-state index contributed by atoms with van der Waals surface area (Å²) in [4.78, 5) is 27.8. The topological polar surface area (TPSA) is 83.1 Å². The quantitative estimate of drug-likeness (QED) is 0.615. The summed E-state index contributed by atoms with van der Waals surface area (Å²) in [6.07, 6.45) is 0.178. The lowest BCUT2D eigenvalue weighted by atomic mass is 10.2. The highest BCUT2D eigenvalue weighted by atomic mass is 32.1. The van der Waals surface area contributed by atoms with Crippen molar-refractivity contribution in [1.29, 1.82) is 0 Å². The van der Waals surface area contributed by atoms with Crippen LogP contribution in [0.4, 0.5) is 22.2 Å². The van der Waals surface area contributed by atoms with E-state index >= 15 is 0 Å². The zero-order valence-electron chi connectivity index (χ0n) is 14.2. The lowest BCUT2D eigenvalue weighted by Gasteiger charge is -2.07. The Morgan fingerprint density at radius 3 is 2.38 bits per heavy atom. The number of carbonyl (C=O) groups excluding carboxylic acids is 2. The zero-order chi connectivity index (χ0) is 18.4. The van der Waals surface area contributed by atoms with E-state index in [1.54, 1.807) is 24.3 Å². The van der Waals surface area contributed by atoms with Crippen molar-refractivity contribution in [2.45, 2.75) is 13.3 Å². The van der Waals surface area contributed by atoms with Crippen LogP contribution in [0.2, 0.25) is 0 Å². The van der Waals surface area contributed by atoms with Gasteiger partial charge in [0.2, 0.25) is 11.8 Å². The number of carbonyl (C=O) groups is 2. The van der Waals surface area contributed by atoms with Crippen molar-refractivity contribution < 1.29 is 9.59 Å². The summed E-state index contributed by atoms with van der Waals surface area (Å²) in [5.74, 6) is -0.323. The molecule has 0 unspecified atom stereocenters. The van der Waals surface area contributed by atoms with E-state index in [0.29, 0.717) is 17.1 Å². The number of nitrogens with one attached hydrogen (secondary N) is 3. The largest absolute Gasteiger partial charge is 0.332 e. The lowest BCUT2D eigenvalue weighted by Crippen LogP contribution is -2.15. The SMILES string of the molecule is CC(=O)Nc1cccc(NC(=O)Cc2csc(Nc3ccccc3)n2)c1. The van der Waals surface area contributed by atoms with E-state index in [2.05, 4.69) is 20.9 Å². The Morgan fingerprint density at radius 2 is 1.65 bits per heavy atom. The average Bonchev–Trinajstić information content (AvgIpc) is 3.02. The van der Waals surface area contributed by atoms with Gasteiger partial charge in [-0.25, -0.2) is 4.98 Å². The van der Waals surface area contributed by atoms with E-state index < -0.39 is 0 Å². The van der Waals surface area contributed by atoms with Gasteiger partial charge in [-0.2, -0.15) is 0 Å². The molecule has 0 bridgehead atoms. The molecule has 0 saturated heterocycles. The number of aromatic nitrogens is 1. The van der Waals surface area contributed by atoms with Crippen molar-refractivity contribution in [2.24, 2.45) is 0 Å². The summed E-state index contributed by atoms with van der Waals surface area (Å²) in [6.45, 7) is 1.44. The van der Waals surface area contributed by atoms with Gasteiger partial charge in [0.15, 0.2) is 5.13 Å². The Kier molecular flexibility index (Phi) is 5.60. The first-order chi connectivity index (χ1) is 12.6. The van der Waals surface area contributed by atoms with E-state index in [1.807, 2.05) is 35.7 Å². The maximum atomic E-state index is 12.2. The molecule has 132 valence electrons. The van der Waals surface area contributed by atoms with Gasteiger partial charge in [0.05, 0.1) is 12.1 Å². The van der Waals surface area contributed by atoms with Crippen molar-refractivity contribution in [1.82, 2.24) is 4.98 Å². The van der Waals surface area contributed by atoms with E-state index in [4.69, 9.17) is 0 Å². The number of amides is 2. The third-order valence-corrected chi connectivity index (χ3v) is 4.19. The maximum absolute atomic E-state index is 12.2. The fourth-order valence-electron chi connectivity index (χ4n) is 2.34. The normalized spacial score (nSPS) is 10.2. The van der Waals surface area contributed by atoms with Crippen molar-refractivity contribution in [3.63, 3.8) is 0 Å². The number of benzene rings is 2. The number of thiazole rings is 1. The molecule has 0 atom stereocenters. The molecular weight excluding hydrogens is 348 g/mol. The molecule has 2 aromatic carbocycles. The van der Waals surface area contributed by atoms with Gasteiger partial charge in [-0.05, 0) is 30.3 Å². The predicted octanol–water partition coefficient (Wildman–Crippen LogP) is 4.03. The summed E-state index contributed by atoms with van der Waals surface area (Å²) in [6, 6.07) is 16.8. The average molecular weight is 366 g/mol. The van der Waals surface area contributed by atoms with Crippen LogP contribution < -0.4 is 16.0 Å². The number of nitrogens with zero attached hydrogens (tertiary/aromatic N) is 1. The Morgan fingerprint density at radius 1 is 0.962 bits per heavy atom. The van der Waals surface area contributed by atoms with Gasteiger partial charge >= 0.3 is 0 Å². The van der Waals surface area contributed by atoms with Crippen LogP contribution in [0.1, 0.15) is 12.6 Å². The molecule has 0 spiro atoms. The maximum Gasteiger partial charge on any atom is 0.230 e. The van der Waals surface area contributed by atoms with Gasteiger partial charge in [0.25, 0.3) is 0 Å². The first-order valence-corrected chi connectivity index (χ1v) is 8.90. The molecule has 7 heteroatoms. The van der Waals surface area contributed by atoms with Crippen LogP contribution in [0.5, 0.6) is 0 Å². The fraction of sp³-hybridized carbons (Fsp3) is 0.105. The molecule has 3 N–H and O–H groups in total. The number of para-hydroxylation sites is 1. The summed E-state index contributed by atoms with van der Waals surface area (Å²) in [7, 11) is 0. The van der Waals surface area contributed by atoms with Crippen LogP contribution in [-0.4, -0.2) is 16.8 Å². The molecule has 0 saturated carbocycles. The molecule has 0 aliphatic heterocycles. The summed E-state index contributed by atoms with van der Waals surface area (Å²) in [5.41, 5.74) is 2.91. The van der Waals surface area contributed by atoms with Crippen LogP contribution in [0, 0.1) is 0 Å². The van der Waals surface area contributed by atoms with E-state index in [0.717, 1.165) is 10.8 Å². The molecule has 1 aromatic heterocycles. The van der Waals surface area contributed by atoms with Crippen LogP contribution in [0.3, 0.4) is 0 Å². The first kappa shape index (κ1) is 17.6. The third-order valence-electron chi connectivity index (χ3n) is 3.39. The Labute approximate surface area is 155 Å². The highest BCUT2D eigenvalue weighted by molar-refractivity contribution is 7.13. The van der Waals surface area contributed by atoms with Crippen LogP contribution >= 0.6 is 11.3 Å². The summed E-state index contributed by atoms with van der Waals surface area (Å²) >= 11 is 1.45. The Bertz CT molecular complexity index is 909. The molecule has 3 aromatic rings. The second-order valence-corrected chi connectivity index (χ2v) is 6.48. The van der Waals surface area contributed by atoms with Gasteiger partial charge in [0, 0.05) is 29.4 Å².